The van der Waals surface area contributed by atoms with Gasteiger partial charge in [0, 0.05) is 0 Å². The maximum atomic E-state index is 10.1. The van der Waals surface area contributed by atoms with E-state index in [9.17, 15) is 5.11 Å². The molecule has 1 unspecified atom stereocenters. The Morgan fingerprint density at radius 2 is 2.25 bits per heavy atom. The van der Waals surface area contributed by atoms with Gasteiger partial charge in [-0.25, -0.2) is 0 Å². The van der Waals surface area contributed by atoms with Gasteiger partial charge in [0.25, 0.3) is 0 Å². The maximum Gasteiger partial charge on any atom is 0.137 e. The number of hydrogen-bond acceptors (Lipinski definition) is 2. The van der Waals surface area contributed by atoms with Crippen LogP contribution >= 0.6 is 11.6 Å². The summed E-state index contributed by atoms with van der Waals surface area (Å²) in [5, 5.41) is 10.7. The van der Waals surface area contributed by atoms with Crippen molar-refractivity contribution in [2.75, 3.05) is 7.11 Å². The molecule has 2 rings (SSSR count). The van der Waals surface area contributed by atoms with Gasteiger partial charge < -0.3 is 9.84 Å². The van der Waals surface area contributed by atoms with Crippen molar-refractivity contribution in [2.45, 2.75) is 31.8 Å². The molecule has 1 atom stereocenters. The minimum absolute atomic E-state index is 0.392. The highest BCUT2D eigenvalue weighted by molar-refractivity contribution is 6.32. The minimum Gasteiger partial charge on any atom is -0.495 e. The Balaban J connectivity index is 2.06. The molecule has 0 amide bonds. The highest BCUT2D eigenvalue weighted by atomic mass is 35.5. The van der Waals surface area contributed by atoms with E-state index in [-0.39, 0.29) is 0 Å². The van der Waals surface area contributed by atoms with Crippen molar-refractivity contribution in [3.05, 3.63) is 28.8 Å². The van der Waals surface area contributed by atoms with Crippen molar-refractivity contribution >= 4 is 11.6 Å². The minimum atomic E-state index is -0.392. The van der Waals surface area contributed by atoms with Gasteiger partial charge in [0.1, 0.15) is 5.75 Å². The van der Waals surface area contributed by atoms with Crippen molar-refractivity contribution in [3.63, 3.8) is 0 Å². The number of methoxy groups -OCH3 is 1. The molecule has 16 heavy (non-hydrogen) atoms. The van der Waals surface area contributed by atoms with Gasteiger partial charge in [0.05, 0.1) is 18.2 Å². The molecule has 0 radical (unpaired) electrons. The predicted octanol–water partition coefficient (Wildman–Crippen LogP) is 3.57. The van der Waals surface area contributed by atoms with E-state index in [1.165, 1.54) is 19.3 Å². The third-order valence-electron chi connectivity index (χ3n) is 3.34. The van der Waals surface area contributed by atoms with Gasteiger partial charge >= 0.3 is 0 Å². The normalized spacial score (nSPS) is 17.9. The van der Waals surface area contributed by atoms with Gasteiger partial charge in [-0.2, -0.15) is 0 Å². The fourth-order valence-corrected chi connectivity index (χ4v) is 2.26. The Kier molecular flexibility index (Phi) is 3.72. The van der Waals surface area contributed by atoms with Crippen molar-refractivity contribution in [2.24, 2.45) is 5.92 Å². The summed E-state index contributed by atoms with van der Waals surface area (Å²) in [5.74, 6) is 1.32. The molecule has 2 nitrogen and oxygen atoms in total. The smallest absolute Gasteiger partial charge is 0.137 e. The molecule has 0 saturated heterocycles. The average Bonchev–Trinajstić information content (AvgIpc) is 2.24. The van der Waals surface area contributed by atoms with E-state index >= 15 is 0 Å². The van der Waals surface area contributed by atoms with E-state index < -0.39 is 6.10 Å². The Morgan fingerprint density at radius 1 is 1.50 bits per heavy atom. The van der Waals surface area contributed by atoms with E-state index in [0.717, 1.165) is 12.0 Å². The second-order valence-corrected chi connectivity index (χ2v) is 4.85. The summed E-state index contributed by atoms with van der Waals surface area (Å²) in [4.78, 5) is 0. The molecule has 0 spiro atoms. The first-order valence-electron chi connectivity index (χ1n) is 5.72. The van der Waals surface area contributed by atoms with Crippen LogP contribution in [0.5, 0.6) is 5.75 Å². The summed E-state index contributed by atoms with van der Waals surface area (Å²) in [6.45, 7) is 0. The third-order valence-corrected chi connectivity index (χ3v) is 3.65. The SMILES string of the molecule is COc1cc(C(O)CC2CCC2)ccc1Cl. The van der Waals surface area contributed by atoms with E-state index in [1.54, 1.807) is 13.2 Å². The molecule has 1 aromatic carbocycles. The van der Waals surface area contributed by atoms with Gasteiger partial charge in [-0.3, -0.25) is 0 Å². The number of benzene rings is 1. The lowest BCUT2D eigenvalue weighted by Crippen LogP contribution is -2.14. The summed E-state index contributed by atoms with van der Waals surface area (Å²) >= 11 is 5.94. The summed E-state index contributed by atoms with van der Waals surface area (Å²) < 4.78 is 5.14. The summed E-state index contributed by atoms with van der Waals surface area (Å²) in [5.41, 5.74) is 0.896. The van der Waals surface area contributed by atoms with Gasteiger partial charge in [-0.1, -0.05) is 36.9 Å². The summed E-state index contributed by atoms with van der Waals surface area (Å²) in [6, 6.07) is 5.47. The molecule has 3 heteroatoms. The molecule has 1 N–H and O–H groups in total. The van der Waals surface area contributed by atoms with Crippen molar-refractivity contribution in [1.82, 2.24) is 0 Å². The Hall–Kier alpha value is -0.730. The number of aliphatic hydroxyl groups excluding tert-OH is 1. The Labute approximate surface area is 101 Å². The molecule has 0 aliphatic heterocycles. The van der Waals surface area contributed by atoms with Crippen LogP contribution in [0.15, 0.2) is 18.2 Å². The second-order valence-electron chi connectivity index (χ2n) is 4.44. The van der Waals surface area contributed by atoms with Crippen LogP contribution in [0.4, 0.5) is 0 Å². The first-order chi connectivity index (χ1) is 7.70. The topological polar surface area (TPSA) is 29.5 Å². The Bertz CT molecular complexity index is 361. The van der Waals surface area contributed by atoms with Crippen LogP contribution in [0.2, 0.25) is 5.02 Å². The van der Waals surface area contributed by atoms with E-state index in [0.29, 0.717) is 16.7 Å². The van der Waals surface area contributed by atoms with Crippen molar-refractivity contribution < 1.29 is 9.84 Å². The zero-order valence-electron chi connectivity index (χ0n) is 9.45. The van der Waals surface area contributed by atoms with Crippen molar-refractivity contribution in [3.8, 4) is 5.75 Å². The maximum absolute atomic E-state index is 10.1. The van der Waals surface area contributed by atoms with Crippen LogP contribution in [0.1, 0.15) is 37.4 Å². The van der Waals surface area contributed by atoms with Gasteiger partial charge in [0.2, 0.25) is 0 Å². The lowest BCUT2D eigenvalue weighted by Gasteiger charge is -2.27. The number of halogens is 1. The van der Waals surface area contributed by atoms with Gasteiger partial charge in [-0.05, 0) is 30.0 Å². The van der Waals surface area contributed by atoms with E-state index in [1.807, 2.05) is 12.1 Å². The first-order valence-corrected chi connectivity index (χ1v) is 6.10. The standard InChI is InChI=1S/C13H17ClO2/c1-16-13-8-10(5-6-11(13)14)12(15)7-9-3-2-4-9/h5-6,8-9,12,15H,2-4,7H2,1H3. The van der Waals surface area contributed by atoms with E-state index in [4.69, 9.17) is 16.3 Å². The van der Waals surface area contributed by atoms with Gasteiger partial charge in [-0.15, -0.1) is 0 Å². The third kappa shape index (κ3) is 2.50. The number of aliphatic hydroxyl groups is 1. The molecule has 0 heterocycles. The molecule has 1 aliphatic rings. The van der Waals surface area contributed by atoms with Crippen LogP contribution < -0.4 is 4.74 Å². The zero-order valence-corrected chi connectivity index (χ0v) is 10.2. The van der Waals surface area contributed by atoms with E-state index in [2.05, 4.69) is 0 Å². The van der Waals surface area contributed by atoms with Crippen LogP contribution in [-0.2, 0) is 0 Å². The first kappa shape index (κ1) is 11.7. The largest absolute Gasteiger partial charge is 0.495 e. The molecular formula is C13H17ClO2. The monoisotopic (exact) mass is 240 g/mol. The number of rotatable bonds is 4. The lowest BCUT2D eigenvalue weighted by atomic mass is 9.80. The summed E-state index contributed by atoms with van der Waals surface area (Å²) in [6.07, 6.45) is 4.27. The number of hydrogen-bond donors (Lipinski definition) is 1. The lowest BCUT2D eigenvalue weighted by molar-refractivity contribution is 0.118. The fraction of sp³-hybridized carbons (Fsp3) is 0.538. The van der Waals surface area contributed by atoms with Gasteiger partial charge in [0.15, 0.2) is 0 Å². The molecule has 1 saturated carbocycles. The fourth-order valence-electron chi connectivity index (χ4n) is 2.06. The molecule has 0 bridgehead atoms. The highest BCUT2D eigenvalue weighted by Gasteiger charge is 2.22. The zero-order chi connectivity index (χ0) is 11.5. The quantitative estimate of drug-likeness (QED) is 0.872. The summed E-state index contributed by atoms with van der Waals surface area (Å²) in [7, 11) is 1.59. The number of ether oxygens (including phenoxy) is 1. The predicted molar refractivity (Wildman–Crippen MR) is 64.9 cm³/mol. The molecule has 88 valence electrons. The van der Waals surface area contributed by atoms with Crippen LogP contribution in [-0.4, -0.2) is 12.2 Å². The molecule has 0 aromatic heterocycles. The highest BCUT2D eigenvalue weighted by Crippen LogP contribution is 2.36. The van der Waals surface area contributed by atoms with Crippen LogP contribution in [0.25, 0.3) is 0 Å². The average molecular weight is 241 g/mol. The Morgan fingerprint density at radius 3 is 2.81 bits per heavy atom. The molecular weight excluding hydrogens is 224 g/mol. The van der Waals surface area contributed by atoms with Crippen LogP contribution in [0, 0.1) is 5.92 Å². The van der Waals surface area contributed by atoms with Crippen molar-refractivity contribution in [1.29, 1.82) is 0 Å². The molecule has 1 fully saturated rings. The second kappa shape index (κ2) is 5.07. The molecule has 1 aromatic rings. The molecule has 1 aliphatic carbocycles. The van der Waals surface area contributed by atoms with Crippen LogP contribution in [0.3, 0.4) is 0 Å².